The smallest absolute Gasteiger partial charge is 0.200 e. The molecule has 0 atom stereocenters. The third-order valence-corrected chi connectivity index (χ3v) is 6.53. The van der Waals surface area contributed by atoms with Gasteiger partial charge in [0.15, 0.2) is 23.3 Å². The fourth-order valence-corrected chi connectivity index (χ4v) is 4.34. The van der Waals surface area contributed by atoms with E-state index in [1.54, 1.807) is 43.5 Å². The molecule has 0 aromatic heterocycles. The summed E-state index contributed by atoms with van der Waals surface area (Å²) in [5, 5.41) is 0. The molecular formula is C28H30F4O2. The molecule has 3 rings (SSSR count). The van der Waals surface area contributed by atoms with Gasteiger partial charge >= 0.3 is 0 Å². The second-order valence-corrected chi connectivity index (χ2v) is 8.60. The number of hydrogen-bond acceptors (Lipinski definition) is 2. The molecule has 1 saturated carbocycles. The van der Waals surface area contributed by atoms with Crippen molar-refractivity contribution in [3.05, 3.63) is 95.3 Å². The molecule has 0 radical (unpaired) electrons. The second-order valence-electron chi connectivity index (χ2n) is 8.60. The largest absolute Gasteiger partial charge is 0.494 e. The van der Waals surface area contributed by atoms with Gasteiger partial charge in [-0.3, -0.25) is 0 Å². The topological polar surface area (TPSA) is 18.5 Å². The van der Waals surface area contributed by atoms with E-state index >= 15 is 0 Å². The minimum Gasteiger partial charge on any atom is -0.494 e. The minimum atomic E-state index is -1.17. The Balaban J connectivity index is 1.68. The third-order valence-electron chi connectivity index (χ3n) is 6.53. The zero-order chi connectivity index (χ0) is 24.8. The molecule has 1 aliphatic rings. The third kappa shape index (κ3) is 5.79. The molecule has 0 unspecified atom stereocenters. The molecule has 0 amide bonds. The Labute approximate surface area is 198 Å². The Bertz CT molecular complexity index is 1060. The Kier molecular flexibility index (Phi) is 8.72. The van der Waals surface area contributed by atoms with Crippen molar-refractivity contribution in [2.75, 3.05) is 14.2 Å². The second kappa shape index (κ2) is 11.5. The summed E-state index contributed by atoms with van der Waals surface area (Å²) in [6.45, 7) is 6.87. The molecule has 2 aromatic rings. The number of allylic oxidation sites excluding steroid dienone is 3. The van der Waals surface area contributed by atoms with Gasteiger partial charge < -0.3 is 9.47 Å². The van der Waals surface area contributed by atoms with Crippen molar-refractivity contribution in [3.8, 4) is 11.1 Å². The maximum atomic E-state index is 14.9. The molecule has 1 fully saturated rings. The maximum absolute atomic E-state index is 14.9. The van der Waals surface area contributed by atoms with Crippen LogP contribution in [0.1, 0.15) is 49.1 Å². The SMILES string of the molecule is C=C(CCc1ccc(-c2ccc(C3CCC(OC)CC3)c(F)c2F)cc1)/C(F)=C(/F)C(=C)OC. The highest BCUT2D eigenvalue weighted by Crippen LogP contribution is 2.37. The van der Waals surface area contributed by atoms with Gasteiger partial charge in [0.05, 0.1) is 13.2 Å². The number of aryl methyl sites for hydroxylation is 1. The molecule has 34 heavy (non-hydrogen) atoms. The predicted octanol–water partition coefficient (Wildman–Crippen LogP) is 8.10. The van der Waals surface area contributed by atoms with Gasteiger partial charge in [0, 0.05) is 12.7 Å². The predicted molar refractivity (Wildman–Crippen MR) is 127 cm³/mol. The normalized spacial score (nSPS) is 18.9. The van der Waals surface area contributed by atoms with Crippen molar-refractivity contribution in [1.82, 2.24) is 0 Å². The Morgan fingerprint density at radius 3 is 2.12 bits per heavy atom. The van der Waals surface area contributed by atoms with E-state index in [0.717, 1.165) is 31.2 Å². The van der Waals surface area contributed by atoms with Gasteiger partial charge in [-0.05, 0) is 66.7 Å². The van der Waals surface area contributed by atoms with Crippen LogP contribution in [-0.4, -0.2) is 20.3 Å². The molecule has 0 saturated heterocycles. The first kappa shape index (κ1) is 25.8. The molecule has 0 N–H and O–H groups in total. The molecule has 1 aliphatic carbocycles. The van der Waals surface area contributed by atoms with Crippen molar-refractivity contribution in [2.24, 2.45) is 0 Å². The van der Waals surface area contributed by atoms with E-state index in [9.17, 15) is 17.6 Å². The van der Waals surface area contributed by atoms with Crippen LogP contribution in [-0.2, 0) is 15.9 Å². The van der Waals surface area contributed by atoms with Gasteiger partial charge in [0.1, 0.15) is 5.76 Å². The Morgan fingerprint density at radius 1 is 0.882 bits per heavy atom. The average molecular weight is 475 g/mol. The number of hydrogen-bond donors (Lipinski definition) is 0. The number of ether oxygens (including phenoxy) is 2. The van der Waals surface area contributed by atoms with Crippen molar-refractivity contribution in [2.45, 2.75) is 50.5 Å². The monoisotopic (exact) mass is 474 g/mol. The highest BCUT2D eigenvalue weighted by molar-refractivity contribution is 5.65. The first-order valence-electron chi connectivity index (χ1n) is 11.3. The standard InChI is InChI=1S/C28H30F4O2/c1-17(25(29)26(30)18(2)33-3)5-6-19-7-9-20(10-8-19)23-15-16-24(28(32)27(23)31)21-11-13-22(34-4)14-12-21/h7-10,15-16,21-22H,1-2,5-6,11-14H2,3-4H3/b26-25-. The fourth-order valence-electron chi connectivity index (χ4n) is 4.34. The number of methoxy groups -OCH3 is 2. The number of halogens is 4. The van der Waals surface area contributed by atoms with Crippen LogP contribution < -0.4 is 0 Å². The average Bonchev–Trinajstić information content (AvgIpc) is 2.88. The lowest BCUT2D eigenvalue weighted by molar-refractivity contribution is 0.0655. The van der Waals surface area contributed by atoms with Gasteiger partial charge in [-0.25, -0.2) is 13.2 Å². The van der Waals surface area contributed by atoms with Crippen LogP contribution >= 0.6 is 0 Å². The molecule has 0 aliphatic heterocycles. The van der Waals surface area contributed by atoms with E-state index < -0.39 is 29.0 Å². The lowest BCUT2D eigenvalue weighted by atomic mass is 9.82. The van der Waals surface area contributed by atoms with E-state index in [1.165, 1.54) is 7.11 Å². The van der Waals surface area contributed by atoms with Crippen LogP contribution in [0.2, 0.25) is 0 Å². The highest BCUT2D eigenvalue weighted by atomic mass is 19.2. The molecule has 2 nitrogen and oxygen atoms in total. The van der Waals surface area contributed by atoms with Crippen LogP contribution in [0.3, 0.4) is 0 Å². The van der Waals surface area contributed by atoms with Gasteiger partial charge in [-0.2, -0.15) is 4.39 Å². The summed E-state index contributed by atoms with van der Waals surface area (Å²) in [5.74, 6) is -4.31. The van der Waals surface area contributed by atoms with Gasteiger partial charge in [-0.1, -0.05) is 49.6 Å². The molecule has 182 valence electrons. The van der Waals surface area contributed by atoms with E-state index in [0.29, 0.717) is 17.5 Å². The quantitative estimate of drug-likeness (QED) is 0.208. The summed E-state index contributed by atoms with van der Waals surface area (Å²) in [6.07, 6.45) is 3.99. The van der Waals surface area contributed by atoms with E-state index in [4.69, 9.17) is 4.74 Å². The van der Waals surface area contributed by atoms with E-state index in [1.807, 2.05) is 0 Å². The molecule has 6 heteroatoms. The zero-order valence-corrected chi connectivity index (χ0v) is 19.6. The molecular weight excluding hydrogens is 444 g/mol. The van der Waals surface area contributed by atoms with Gasteiger partial charge in [0.25, 0.3) is 0 Å². The summed E-state index contributed by atoms with van der Waals surface area (Å²) >= 11 is 0. The van der Waals surface area contributed by atoms with Crippen LogP contribution in [0.4, 0.5) is 17.6 Å². The van der Waals surface area contributed by atoms with E-state index in [2.05, 4.69) is 17.9 Å². The van der Waals surface area contributed by atoms with E-state index in [-0.39, 0.29) is 29.6 Å². The molecule has 0 spiro atoms. The lowest BCUT2D eigenvalue weighted by Gasteiger charge is -2.28. The zero-order valence-electron chi connectivity index (χ0n) is 19.6. The van der Waals surface area contributed by atoms with Crippen molar-refractivity contribution in [1.29, 1.82) is 0 Å². The van der Waals surface area contributed by atoms with Crippen LogP contribution in [0.25, 0.3) is 11.1 Å². The first-order chi connectivity index (χ1) is 16.3. The van der Waals surface area contributed by atoms with Gasteiger partial charge in [0.2, 0.25) is 0 Å². The van der Waals surface area contributed by atoms with Crippen molar-refractivity contribution >= 4 is 0 Å². The molecule has 2 aromatic carbocycles. The fraction of sp³-hybridized carbons (Fsp3) is 0.357. The minimum absolute atomic E-state index is 0.00855. The van der Waals surface area contributed by atoms with Crippen LogP contribution in [0.15, 0.2) is 72.5 Å². The first-order valence-corrected chi connectivity index (χ1v) is 11.3. The van der Waals surface area contributed by atoms with Crippen molar-refractivity contribution in [3.63, 3.8) is 0 Å². The summed E-state index contributed by atoms with van der Waals surface area (Å²) in [4.78, 5) is 0. The lowest BCUT2D eigenvalue weighted by Crippen LogP contribution is -2.20. The summed E-state index contributed by atoms with van der Waals surface area (Å²) in [5.41, 5.74) is 1.97. The highest BCUT2D eigenvalue weighted by Gasteiger charge is 2.26. The molecule has 0 heterocycles. The van der Waals surface area contributed by atoms with Crippen LogP contribution in [0, 0.1) is 11.6 Å². The Hall–Kier alpha value is -2.86. The van der Waals surface area contributed by atoms with Gasteiger partial charge in [-0.15, -0.1) is 0 Å². The Morgan fingerprint density at radius 2 is 1.53 bits per heavy atom. The summed E-state index contributed by atoms with van der Waals surface area (Å²) in [6, 6.07) is 10.2. The van der Waals surface area contributed by atoms with Crippen LogP contribution in [0.5, 0.6) is 0 Å². The van der Waals surface area contributed by atoms with Crippen molar-refractivity contribution < 1.29 is 27.0 Å². The number of rotatable bonds is 9. The molecule has 0 bridgehead atoms. The summed E-state index contributed by atoms with van der Waals surface area (Å²) < 4.78 is 67.7. The maximum Gasteiger partial charge on any atom is 0.200 e. The summed E-state index contributed by atoms with van der Waals surface area (Å²) in [7, 11) is 2.88. The number of benzene rings is 2.